The molecule has 0 fully saturated rings. The van der Waals surface area contributed by atoms with Crippen molar-refractivity contribution >= 4 is 18.0 Å². The smallest absolute Gasteiger partial charge is 0.328 e. The number of hydrogen-bond donors (Lipinski definition) is 2. The van der Waals surface area contributed by atoms with Gasteiger partial charge in [0, 0.05) is 17.7 Å². The Labute approximate surface area is 123 Å². The number of carbonyl (C=O) groups is 2. The van der Waals surface area contributed by atoms with E-state index in [2.05, 4.69) is 5.32 Å². The second-order valence-electron chi connectivity index (χ2n) is 4.56. The van der Waals surface area contributed by atoms with Crippen LogP contribution in [0.3, 0.4) is 0 Å². The number of hydrogen-bond acceptors (Lipinski definition) is 4. The van der Waals surface area contributed by atoms with Crippen molar-refractivity contribution in [3.05, 3.63) is 29.8 Å². The first-order valence-electron chi connectivity index (χ1n) is 6.44. The number of carboxylic acid groups (broad SMARTS) is 1. The van der Waals surface area contributed by atoms with E-state index in [1.165, 1.54) is 13.2 Å². The van der Waals surface area contributed by atoms with Crippen LogP contribution in [-0.4, -0.2) is 36.7 Å². The number of amides is 1. The van der Waals surface area contributed by atoms with Crippen molar-refractivity contribution in [2.45, 2.75) is 19.9 Å². The molecule has 1 aromatic carbocycles. The Balaban J connectivity index is 2.92. The number of para-hydroxylation sites is 1. The number of carboxylic acids is 1. The second-order valence-corrected chi connectivity index (χ2v) is 4.56. The maximum atomic E-state index is 11.6. The van der Waals surface area contributed by atoms with E-state index in [0.717, 1.165) is 6.08 Å². The van der Waals surface area contributed by atoms with Crippen LogP contribution in [0.15, 0.2) is 24.3 Å². The topological polar surface area (TPSA) is 84.9 Å². The number of aliphatic carboxylic acids is 1. The van der Waals surface area contributed by atoms with E-state index in [0.29, 0.717) is 17.1 Å². The summed E-state index contributed by atoms with van der Waals surface area (Å²) in [6.45, 7) is 3.52. The molecular formula is C15H19NO5. The number of methoxy groups -OCH3 is 1. The molecule has 114 valence electrons. The van der Waals surface area contributed by atoms with E-state index in [1.807, 2.05) is 13.8 Å². The van der Waals surface area contributed by atoms with E-state index in [4.69, 9.17) is 14.6 Å². The summed E-state index contributed by atoms with van der Waals surface area (Å²) >= 11 is 0. The molecule has 6 nitrogen and oxygen atoms in total. The van der Waals surface area contributed by atoms with E-state index < -0.39 is 5.97 Å². The van der Waals surface area contributed by atoms with Crippen molar-refractivity contribution in [2.75, 3.05) is 13.7 Å². The highest BCUT2D eigenvalue weighted by Gasteiger charge is 2.11. The zero-order valence-electron chi connectivity index (χ0n) is 12.3. The fourth-order valence-electron chi connectivity index (χ4n) is 1.64. The van der Waals surface area contributed by atoms with E-state index in [9.17, 15) is 9.59 Å². The molecule has 21 heavy (non-hydrogen) atoms. The van der Waals surface area contributed by atoms with Crippen LogP contribution in [0, 0.1) is 0 Å². The van der Waals surface area contributed by atoms with Gasteiger partial charge in [-0.15, -0.1) is 0 Å². The standard InChI is InChI=1S/C15H19NO5/c1-10(2)16-13(17)9-21-15-11(7-8-14(18)19)5-4-6-12(15)20-3/h4-8,10H,9H2,1-3H3,(H,16,17)(H,18,19)/b8-7+. The minimum Gasteiger partial charge on any atom is -0.493 e. The van der Waals surface area contributed by atoms with Gasteiger partial charge in [-0.1, -0.05) is 12.1 Å². The zero-order valence-corrected chi connectivity index (χ0v) is 12.3. The maximum absolute atomic E-state index is 11.6. The van der Waals surface area contributed by atoms with Gasteiger partial charge in [-0.05, 0) is 26.0 Å². The Morgan fingerprint density at radius 2 is 2.10 bits per heavy atom. The van der Waals surface area contributed by atoms with Crippen LogP contribution < -0.4 is 14.8 Å². The first-order valence-corrected chi connectivity index (χ1v) is 6.44. The second kappa shape index (κ2) is 7.94. The molecule has 1 aromatic rings. The first-order chi connectivity index (χ1) is 9.93. The average molecular weight is 293 g/mol. The van der Waals surface area contributed by atoms with Gasteiger partial charge in [-0.3, -0.25) is 4.79 Å². The molecule has 1 amide bonds. The number of carbonyl (C=O) groups excluding carboxylic acids is 1. The van der Waals surface area contributed by atoms with E-state index in [1.54, 1.807) is 18.2 Å². The Morgan fingerprint density at radius 1 is 1.38 bits per heavy atom. The molecule has 0 aromatic heterocycles. The SMILES string of the molecule is COc1cccc(/C=C/C(=O)O)c1OCC(=O)NC(C)C. The van der Waals surface area contributed by atoms with Gasteiger partial charge >= 0.3 is 5.97 Å². The highest BCUT2D eigenvalue weighted by Crippen LogP contribution is 2.31. The van der Waals surface area contributed by atoms with Crippen LogP contribution in [0.1, 0.15) is 19.4 Å². The molecule has 0 saturated carbocycles. The summed E-state index contributed by atoms with van der Waals surface area (Å²) in [6.07, 6.45) is 2.39. The molecule has 0 unspecified atom stereocenters. The lowest BCUT2D eigenvalue weighted by Gasteiger charge is -2.14. The predicted octanol–water partition coefficient (Wildman–Crippen LogP) is 1.70. The van der Waals surface area contributed by atoms with Crippen LogP contribution in [0.4, 0.5) is 0 Å². The highest BCUT2D eigenvalue weighted by molar-refractivity contribution is 5.86. The lowest BCUT2D eigenvalue weighted by Crippen LogP contribution is -2.34. The monoisotopic (exact) mass is 293 g/mol. The predicted molar refractivity (Wildman–Crippen MR) is 78.4 cm³/mol. The summed E-state index contributed by atoms with van der Waals surface area (Å²) in [5.41, 5.74) is 0.522. The molecule has 6 heteroatoms. The Kier molecular flexibility index (Phi) is 6.26. The minimum atomic E-state index is -1.07. The maximum Gasteiger partial charge on any atom is 0.328 e. The highest BCUT2D eigenvalue weighted by atomic mass is 16.5. The van der Waals surface area contributed by atoms with Gasteiger partial charge in [0.15, 0.2) is 18.1 Å². The van der Waals surface area contributed by atoms with Crippen molar-refractivity contribution in [3.63, 3.8) is 0 Å². The van der Waals surface area contributed by atoms with Crippen molar-refractivity contribution in [1.29, 1.82) is 0 Å². The van der Waals surface area contributed by atoms with Crippen molar-refractivity contribution in [3.8, 4) is 11.5 Å². The summed E-state index contributed by atoms with van der Waals surface area (Å²) in [7, 11) is 1.47. The molecule has 0 aliphatic rings. The van der Waals surface area contributed by atoms with Crippen LogP contribution in [0.2, 0.25) is 0 Å². The fourth-order valence-corrected chi connectivity index (χ4v) is 1.64. The van der Waals surface area contributed by atoms with E-state index >= 15 is 0 Å². The summed E-state index contributed by atoms with van der Waals surface area (Å²) in [5.74, 6) is -0.568. The molecule has 0 aliphatic carbocycles. The average Bonchev–Trinajstić information content (AvgIpc) is 2.42. The number of benzene rings is 1. The molecule has 2 N–H and O–H groups in total. The van der Waals surface area contributed by atoms with Crippen molar-refractivity contribution < 1.29 is 24.2 Å². The molecule has 0 atom stereocenters. The van der Waals surface area contributed by atoms with Gasteiger partial charge in [0.25, 0.3) is 5.91 Å². The number of rotatable bonds is 7. The van der Waals surface area contributed by atoms with E-state index in [-0.39, 0.29) is 18.6 Å². The normalized spacial score (nSPS) is 10.7. The molecule has 1 rings (SSSR count). The Morgan fingerprint density at radius 3 is 2.67 bits per heavy atom. The summed E-state index contributed by atoms with van der Waals surface area (Å²) in [4.78, 5) is 22.2. The Bertz CT molecular complexity index is 537. The minimum absolute atomic E-state index is 0.0187. The van der Waals surface area contributed by atoms with Gasteiger partial charge in [0.2, 0.25) is 0 Å². The summed E-state index contributed by atoms with van der Waals surface area (Å²) in [5, 5.41) is 11.4. The van der Waals surface area contributed by atoms with Gasteiger partial charge < -0.3 is 19.9 Å². The van der Waals surface area contributed by atoms with Crippen LogP contribution in [-0.2, 0) is 9.59 Å². The molecule has 0 bridgehead atoms. The molecule has 0 heterocycles. The molecular weight excluding hydrogens is 274 g/mol. The molecule has 0 spiro atoms. The quantitative estimate of drug-likeness (QED) is 0.747. The molecule has 0 aliphatic heterocycles. The van der Waals surface area contributed by atoms with Crippen LogP contribution >= 0.6 is 0 Å². The Hall–Kier alpha value is -2.50. The van der Waals surface area contributed by atoms with Crippen molar-refractivity contribution in [2.24, 2.45) is 0 Å². The fraction of sp³-hybridized carbons (Fsp3) is 0.333. The lowest BCUT2D eigenvalue weighted by molar-refractivity contribution is -0.131. The van der Waals surface area contributed by atoms with Gasteiger partial charge in [0.1, 0.15) is 0 Å². The van der Waals surface area contributed by atoms with Crippen LogP contribution in [0.5, 0.6) is 11.5 Å². The zero-order chi connectivity index (χ0) is 15.8. The van der Waals surface area contributed by atoms with Gasteiger partial charge in [0.05, 0.1) is 7.11 Å². The summed E-state index contributed by atoms with van der Waals surface area (Å²) < 4.78 is 10.6. The summed E-state index contributed by atoms with van der Waals surface area (Å²) in [6, 6.07) is 5.08. The third-order valence-electron chi connectivity index (χ3n) is 2.43. The third-order valence-corrected chi connectivity index (χ3v) is 2.43. The number of nitrogens with one attached hydrogen (secondary N) is 1. The van der Waals surface area contributed by atoms with Crippen molar-refractivity contribution in [1.82, 2.24) is 5.32 Å². The molecule has 0 saturated heterocycles. The third kappa shape index (κ3) is 5.56. The van der Waals surface area contributed by atoms with Gasteiger partial charge in [-0.25, -0.2) is 4.79 Å². The molecule has 0 radical (unpaired) electrons. The first kappa shape index (κ1) is 16.6. The lowest BCUT2D eigenvalue weighted by atomic mass is 10.1. The number of ether oxygens (including phenoxy) is 2. The van der Waals surface area contributed by atoms with Crippen LogP contribution in [0.25, 0.3) is 6.08 Å². The largest absolute Gasteiger partial charge is 0.493 e. The van der Waals surface area contributed by atoms with Gasteiger partial charge in [-0.2, -0.15) is 0 Å².